The summed E-state index contributed by atoms with van der Waals surface area (Å²) in [6.07, 6.45) is 1.01. The van der Waals surface area contributed by atoms with E-state index in [2.05, 4.69) is 43.1 Å². The molecule has 1 fully saturated rings. The molecular weight excluding hydrogens is 292 g/mol. The summed E-state index contributed by atoms with van der Waals surface area (Å²) in [5.41, 5.74) is 1.96. The van der Waals surface area contributed by atoms with Crippen LogP contribution in [0, 0.1) is 13.8 Å². The first-order chi connectivity index (χ1) is 10.5. The van der Waals surface area contributed by atoms with Gasteiger partial charge in [-0.1, -0.05) is 30.3 Å². The van der Waals surface area contributed by atoms with Gasteiger partial charge in [-0.25, -0.2) is 4.98 Å². The maximum absolute atomic E-state index is 12.9. The lowest BCUT2D eigenvalue weighted by atomic mass is 9.92. The highest BCUT2D eigenvalue weighted by Gasteiger charge is 2.40. The molecule has 1 amide bonds. The fraction of sp³-hybridized carbons (Fsp3) is 0.444. The van der Waals surface area contributed by atoms with E-state index >= 15 is 0 Å². The van der Waals surface area contributed by atoms with Crippen LogP contribution in [0.5, 0.6) is 0 Å². The summed E-state index contributed by atoms with van der Waals surface area (Å²) in [6, 6.07) is 11.0. The molecular formula is C18H22N2OS. The summed E-state index contributed by atoms with van der Waals surface area (Å²) in [5, 5.41) is 0.958. The van der Waals surface area contributed by atoms with Crippen molar-refractivity contribution in [2.45, 2.75) is 52.1 Å². The smallest absolute Gasteiger partial charge is 0.274 e. The van der Waals surface area contributed by atoms with Gasteiger partial charge < -0.3 is 4.90 Å². The van der Waals surface area contributed by atoms with E-state index in [9.17, 15) is 4.79 Å². The Balaban J connectivity index is 1.88. The van der Waals surface area contributed by atoms with Crippen LogP contribution in [0.1, 0.15) is 52.1 Å². The second-order valence-electron chi connectivity index (χ2n) is 6.19. The quantitative estimate of drug-likeness (QED) is 0.833. The summed E-state index contributed by atoms with van der Waals surface area (Å²) in [5.74, 6) is 0.487. The van der Waals surface area contributed by atoms with E-state index < -0.39 is 0 Å². The van der Waals surface area contributed by atoms with E-state index in [1.807, 2.05) is 24.8 Å². The van der Waals surface area contributed by atoms with Gasteiger partial charge in [0, 0.05) is 22.9 Å². The lowest BCUT2D eigenvalue weighted by molar-refractivity contribution is 0.0682. The molecule has 1 aliphatic heterocycles. The van der Waals surface area contributed by atoms with Crippen molar-refractivity contribution in [3.63, 3.8) is 0 Å². The Labute approximate surface area is 136 Å². The molecule has 3 rings (SSSR count). The Hall–Kier alpha value is -1.68. The van der Waals surface area contributed by atoms with Crippen LogP contribution in [0.15, 0.2) is 30.3 Å². The number of carbonyl (C=O) groups is 1. The first-order valence-electron chi connectivity index (χ1n) is 7.80. The molecule has 1 aromatic carbocycles. The van der Waals surface area contributed by atoms with Crippen molar-refractivity contribution in [1.29, 1.82) is 0 Å². The van der Waals surface area contributed by atoms with Gasteiger partial charge in [-0.15, -0.1) is 11.3 Å². The van der Waals surface area contributed by atoms with Gasteiger partial charge in [0.25, 0.3) is 5.91 Å². The Morgan fingerprint density at radius 2 is 1.91 bits per heavy atom. The zero-order valence-electron chi connectivity index (χ0n) is 13.5. The third-order valence-corrected chi connectivity index (χ3v) is 5.55. The van der Waals surface area contributed by atoms with Crippen molar-refractivity contribution < 1.29 is 4.79 Å². The molecule has 0 aliphatic carbocycles. The van der Waals surface area contributed by atoms with Gasteiger partial charge >= 0.3 is 0 Å². The van der Waals surface area contributed by atoms with E-state index in [1.54, 1.807) is 11.3 Å². The fourth-order valence-corrected chi connectivity index (χ4v) is 4.43. The zero-order valence-corrected chi connectivity index (χ0v) is 14.4. The number of aromatic nitrogens is 1. The standard InChI is InChI=1S/C18H22N2OS/c1-11-10-16(15-8-6-5-7-9-15)12(2)20(11)18(21)17-13(3)22-14(4)19-17/h5-9,11-12,16H,10H2,1-4H3/t11-,12-,16+/m1/s1. The van der Waals surface area contributed by atoms with Crippen LogP contribution < -0.4 is 0 Å². The molecule has 0 N–H and O–H groups in total. The van der Waals surface area contributed by atoms with Crippen molar-refractivity contribution in [2.75, 3.05) is 0 Å². The van der Waals surface area contributed by atoms with Crippen LogP contribution >= 0.6 is 11.3 Å². The van der Waals surface area contributed by atoms with Gasteiger partial charge in [0.15, 0.2) is 0 Å². The number of hydrogen-bond acceptors (Lipinski definition) is 3. The zero-order chi connectivity index (χ0) is 15.9. The van der Waals surface area contributed by atoms with Gasteiger partial charge in [-0.3, -0.25) is 4.79 Å². The molecule has 0 spiro atoms. The molecule has 22 heavy (non-hydrogen) atoms. The molecule has 1 saturated heterocycles. The second kappa shape index (κ2) is 5.84. The van der Waals surface area contributed by atoms with Crippen LogP contribution in [0.3, 0.4) is 0 Å². The van der Waals surface area contributed by atoms with Crippen LogP contribution in [0.2, 0.25) is 0 Å². The minimum atomic E-state index is 0.0836. The van der Waals surface area contributed by atoms with Crippen LogP contribution in [-0.2, 0) is 0 Å². The lowest BCUT2D eigenvalue weighted by Gasteiger charge is -2.27. The molecule has 0 radical (unpaired) electrons. The molecule has 0 unspecified atom stereocenters. The maximum Gasteiger partial charge on any atom is 0.274 e. The predicted molar refractivity (Wildman–Crippen MR) is 90.5 cm³/mol. The number of amides is 1. The predicted octanol–water partition coefficient (Wildman–Crippen LogP) is 4.17. The van der Waals surface area contributed by atoms with E-state index in [-0.39, 0.29) is 18.0 Å². The molecule has 116 valence electrons. The average molecular weight is 314 g/mol. The number of carbonyl (C=O) groups excluding carboxylic acids is 1. The summed E-state index contributed by atoms with van der Waals surface area (Å²) >= 11 is 1.60. The van der Waals surface area contributed by atoms with E-state index in [0.717, 1.165) is 16.3 Å². The van der Waals surface area contributed by atoms with E-state index in [1.165, 1.54) is 5.56 Å². The summed E-state index contributed by atoms with van der Waals surface area (Å²) in [6.45, 7) is 8.25. The van der Waals surface area contributed by atoms with Gasteiger partial charge in [0.1, 0.15) is 5.69 Å². The number of benzene rings is 1. The molecule has 0 bridgehead atoms. The molecule has 1 aliphatic rings. The van der Waals surface area contributed by atoms with Gasteiger partial charge in [-0.2, -0.15) is 0 Å². The summed E-state index contributed by atoms with van der Waals surface area (Å²) < 4.78 is 0. The van der Waals surface area contributed by atoms with Crippen LogP contribution in [0.25, 0.3) is 0 Å². The molecule has 0 saturated carbocycles. The van der Waals surface area contributed by atoms with Crippen molar-refractivity contribution in [1.82, 2.24) is 9.88 Å². The largest absolute Gasteiger partial charge is 0.331 e. The molecule has 2 aromatic rings. The highest BCUT2D eigenvalue weighted by molar-refractivity contribution is 7.11. The first kappa shape index (κ1) is 15.2. The van der Waals surface area contributed by atoms with Gasteiger partial charge in [-0.05, 0) is 39.7 Å². The Morgan fingerprint density at radius 1 is 1.23 bits per heavy atom. The molecule has 4 heteroatoms. The summed E-state index contributed by atoms with van der Waals surface area (Å²) in [7, 11) is 0. The lowest BCUT2D eigenvalue weighted by Crippen LogP contribution is -2.40. The Morgan fingerprint density at radius 3 is 2.50 bits per heavy atom. The second-order valence-corrected chi connectivity index (χ2v) is 7.60. The maximum atomic E-state index is 12.9. The number of thiazole rings is 1. The Kier molecular flexibility index (Phi) is 4.04. The van der Waals surface area contributed by atoms with Crippen molar-refractivity contribution in [3.05, 3.63) is 51.5 Å². The van der Waals surface area contributed by atoms with E-state index in [0.29, 0.717) is 11.6 Å². The van der Waals surface area contributed by atoms with Crippen molar-refractivity contribution in [3.8, 4) is 0 Å². The van der Waals surface area contributed by atoms with Crippen molar-refractivity contribution >= 4 is 17.2 Å². The number of rotatable bonds is 2. The topological polar surface area (TPSA) is 33.2 Å². The third-order valence-electron chi connectivity index (χ3n) is 4.66. The van der Waals surface area contributed by atoms with Crippen molar-refractivity contribution in [2.24, 2.45) is 0 Å². The molecule has 2 heterocycles. The minimum absolute atomic E-state index is 0.0836. The number of aryl methyl sites for hydroxylation is 2. The average Bonchev–Trinajstić information content (AvgIpc) is 2.98. The fourth-order valence-electron chi connectivity index (χ4n) is 3.62. The first-order valence-corrected chi connectivity index (χ1v) is 8.62. The molecule has 3 atom stereocenters. The Bertz CT molecular complexity index is 680. The van der Waals surface area contributed by atoms with Gasteiger partial charge in [0.05, 0.1) is 5.01 Å². The van der Waals surface area contributed by atoms with E-state index in [4.69, 9.17) is 0 Å². The SMILES string of the molecule is Cc1nc(C(=O)N2[C@H](C)C[C@H](c3ccccc3)[C@H]2C)c(C)s1. The monoisotopic (exact) mass is 314 g/mol. The number of hydrogen-bond donors (Lipinski definition) is 0. The summed E-state index contributed by atoms with van der Waals surface area (Å²) in [4.78, 5) is 20.4. The van der Waals surface area contributed by atoms with Gasteiger partial charge in [0.2, 0.25) is 0 Å². The highest BCUT2D eigenvalue weighted by atomic mass is 32.1. The van der Waals surface area contributed by atoms with Crippen LogP contribution in [-0.4, -0.2) is 27.9 Å². The third kappa shape index (κ3) is 2.56. The van der Waals surface area contributed by atoms with Crippen LogP contribution in [0.4, 0.5) is 0 Å². The number of nitrogens with zero attached hydrogens (tertiary/aromatic N) is 2. The normalized spacial score (nSPS) is 24.7. The molecule has 1 aromatic heterocycles. The highest BCUT2D eigenvalue weighted by Crippen LogP contribution is 2.38. The minimum Gasteiger partial charge on any atom is -0.331 e. The number of likely N-dealkylation sites (tertiary alicyclic amines) is 1. The molecule has 3 nitrogen and oxygen atoms in total.